The van der Waals surface area contributed by atoms with Gasteiger partial charge in [0, 0.05) is 6.04 Å². The molecule has 4 nitrogen and oxygen atoms in total. The van der Waals surface area contributed by atoms with Gasteiger partial charge in [-0.3, -0.25) is 9.78 Å². The highest BCUT2D eigenvalue weighted by atomic mass is 19.1. The van der Waals surface area contributed by atoms with Gasteiger partial charge < -0.3 is 10.8 Å². The number of carboxylic acids is 1. The first-order valence-corrected chi connectivity index (χ1v) is 4.65. The summed E-state index contributed by atoms with van der Waals surface area (Å²) >= 11 is 0. The summed E-state index contributed by atoms with van der Waals surface area (Å²) in [5.74, 6) is -1.41. The van der Waals surface area contributed by atoms with Gasteiger partial charge >= 0.3 is 5.97 Å². The largest absolute Gasteiger partial charge is 0.481 e. The highest BCUT2D eigenvalue weighted by molar-refractivity contribution is 5.82. The Balaban J connectivity index is 2.34. The molecule has 0 amide bonds. The van der Waals surface area contributed by atoms with Gasteiger partial charge in [0.25, 0.3) is 0 Å². The van der Waals surface area contributed by atoms with Gasteiger partial charge in [0.1, 0.15) is 11.2 Å². The van der Waals surface area contributed by atoms with Crippen LogP contribution in [-0.4, -0.2) is 22.1 Å². The molecule has 0 aliphatic heterocycles. The lowest BCUT2D eigenvalue weighted by atomic mass is 9.63. The van der Waals surface area contributed by atoms with Crippen molar-refractivity contribution < 1.29 is 14.3 Å². The molecule has 5 heteroatoms. The Kier molecular flexibility index (Phi) is 2.19. The smallest absolute Gasteiger partial charge is 0.315 e. The average Bonchev–Trinajstić information content (AvgIpc) is 2.13. The summed E-state index contributed by atoms with van der Waals surface area (Å²) in [5.41, 5.74) is 4.97. The molecular weight excluding hydrogens is 199 g/mol. The normalized spacial score (nSPS) is 29.6. The Morgan fingerprint density at radius 1 is 1.60 bits per heavy atom. The zero-order valence-corrected chi connectivity index (χ0v) is 7.98. The summed E-state index contributed by atoms with van der Waals surface area (Å²) in [4.78, 5) is 15.0. The summed E-state index contributed by atoms with van der Waals surface area (Å²) in [5, 5.41) is 9.13. The molecule has 0 aromatic carbocycles. The Morgan fingerprint density at radius 3 is 2.67 bits per heavy atom. The van der Waals surface area contributed by atoms with Crippen molar-refractivity contribution in [3.63, 3.8) is 0 Å². The molecule has 1 aromatic rings. The molecule has 80 valence electrons. The highest BCUT2D eigenvalue weighted by Gasteiger charge is 2.51. The number of rotatable bonds is 2. The second kappa shape index (κ2) is 3.27. The van der Waals surface area contributed by atoms with Crippen molar-refractivity contribution in [2.45, 2.75) is 24.3 Å². The SMILES string of the molecule is NC1CC(C(=O)O)(c2ccc(F)cn2)C1. The van der Waals surface area contributed by atoms with Gasteiger partial charge in [0.2, 0.25) is 0 Å². The van der Waals surface area contributed by atoms with Crippen LogP contribution >= 0.6 is 0 Å². The molecule has 0 unspecified atom stereocenters. The molecule has 2 rings (SSSR count). The molecule has 1 aromatic heterocycles. The molecule has 0 atom stereocenters. The number of hydrogen-bond donors (Lipinski definition) is 2. The monoisotopic (exact) mass is 210 g/mol. The number of carbonyl (C=O) groups is 1. The van der Waals surface area contributed by atoms with E-state index in [1.165, 1.54) is 12.1 Å². The van der Waals surface area contributed by atoms with E-state index in [1.807, 2.05) is 0 Å². The van der Waals surface area contributed by atoms with Crippen molar-refractivity contribution in [3.05, 3.63) is 29.8 Å². The fourth-order valence-corrected chi connectivity index (χ4v) is 1.99. The third-order valence-electron chi connectivity index (χ3n) is 2.85. The second-order valence-corrected chi connectivity index (χ2v) is 3.92. The number of nitrogens with two attached hydrogens (primary N) is 1. The molecule has 1 aliphatic carbocycles. The maximum atomic E-state index is 12.6. The van der Waals surface area contributed by atoms with E-state index in [2.05, 4.69) is 4.98 Å². The lowest BCUT2D eigenvalue weighted by Gasteiger charge is -2.41. The zero-order chi connectivity index (χ0) is 11.1. The van der Waals surface area contributed by atoms with Gasteiger partial charge in [0.05, 0.1) is 11.9 Å². The topological polar surface area (TPSA) is 76.2 Å². The summed E-state index contributed by atoms with van der Waals surface area (Å²) in [6.07, 6.45) is 1.76. The van der Waals surface area contributed by atoms with Crippen LogP contribution < -0.4 is 5.73 Å². The predicted octanol–water partition coefficient (Wildman–Crippen LogP) is 0.664. The van der Waals surface area contributed by atoms with E-state index >= 15 is 0 Å². The van der Waals surface area contributed by atoms with Crippen molar-refractivity contribution >= 4 is 5.97 Å². The number of aromatic nitrogens is 1. The van der Waals surface area contributed by atoms with Crippen LogP contribution in [0.25, 0.3) is 0 Å². The third kappa shape index (κ3) is 1.48. The van der Waals surface area contributed by atoms with E-state index < -0.39 is 17.2 Å². The molecule has 15 heavy (non-hydrogen) atoms. The van der Waals surface area contributed by atoms with E-state index in [4.69, 9.17) is 10.8 Å². The molecule has 1 fully saturated rings. The standard InChI is InChI=1S/C10H11FN2O2/c11-6-1-2-8(13-5-6)10(9(14)15)3-7(12)4-10/h1-2,5,7H,3-4,12H2,(H,14,15). The number of carboxylic acid groups (broad SMARTS) is 1. The molecular formula is C10H11FN2O2. The van der Waals surface area contributed by atoms with Crippen molar-refractivity contribution in [1.29, 1.82) is 0 Å². The molecule has 1 saturated carbocycles. The minimum Gasteiger partial charge on any atom is -0.481 e. The number of nitrogens with zero attached hydrogens (tertiary/aromatic N) is 1. The lowest BCUT2D eigenvalue weighted by molar-refractivity contribution is -0.148. The molecule has 0 bridgehead atoms. The first kappa shape index (κ1) is 10.0. The summed E-state index contributed by atoms with van der Waals surface area (Å²) in [7, 11) is 0. The van der Waals surface area contributed by atoms with Crippen LogP contribution in [-0.2, 0) is 10.2 Å². The van der Waals surface area contributed by atoms with Gasteiger partial charge in [-0.05, 0) is 25.0 Å². The Labute approximate surface area is 85.9 Å². The van der Waals surface area contributed by atoms with Crippen LogP contribution in [0.5, 0.6) is 0 Å². The van der Waals surface area contributed by atoms with E-state index in [0.717, 1.165) is 6.20 Å². The van der Waals surface area contributed by atoms with Gasteiger partial charge in [-0.25, -0.2) is 4.39 Å². The van der Waals surface area contributed by atoms with Crippen LogP contribution in [0, 0.1) is 5.82 Å². The molecule has 1 heterocycles. The average molecular weight is 210 g/mol. The van der Waals surface area contributed by atoms with Gasteiger partial charge in [-0.15, -0.1) is 0 Å². The van der Waals surface area contributed by atoms with Crippen LogP contribution in [0.3, 0.4) is 0 Å². The number of aliphatic carboxylic acids is 1. The van der Waals surface area contributed by atoms with Gasteiger partial charge in [0.15, 0.2) is 0 Å². The van der Waals surface area contributed by atoms with Crippen molar-refractivity contribution in [2.75, 3.05) is 0 Å². The Bertz CT molecular complexity index is 385. The van der Waals surface area contributed by atoms with E-state index in [0.29, 0.717) is 18.5 Å². The molecule has 3 N–H and O–H groups in total. The third-order valence-corrected chi connectivity index (χ3v) is 2.85. The van der Waals surface area contributed by atoms with Crippen molar-refractivity contribution in [1.82, 2.24) is 4.98 Å². The molecule has 0 saturated heterocycles. The first-order chi connectivity index (χ1) is 7.04. The lowest BCUT2D eigenvalue weighted by Crippen LogP contribution is -2.54. The van der Waals surface area contributed by atoms with Crippen molar-refractivity contribution in [3.8, 4) is 0 Å². The number of halogens is 1. The van der Waals surface area contributed by atoms with Gasteiger partial charge in [-0.2, -0.15) is 0 Å². The van der Waals surface area contributed by atoms with Crippen molar-refractivity contribution in [2.24, 2.45) is 5.73 Å². The second-order valence-electron chi connectivity index (χ2n) is 3.92. The van der Waals surface area contributed by atoms with Gasteiger partial charge in [-0.1, -0.05) is 0 Å². The van der Waals surface area contributed by atoms with Crippen LogP contribution in [0.15, 0.2) is 18.3 Å². The predicted molar refractivity (Wildman–Crippen MR) is 50.7 cm³/mol. The number of hydrogen-bond acceptors (Lipinski definition) is 3. The van der Waals surface area contributed by atoms with E-state index in [1.54, 1.807) is 0 Å². The van der Waals surface area contributed by atoms with Crippen LogP contribution in [0.4, 0.5) is 4.39 Å². The maximum absolute atomic E-state index is 12.6. The van der Waals surface area contributed by atoms with Crippen LogP contribution in [0.2, 0.25) is 0 Å². The Morgan fingerprint density at radius 2 is 2.27 bits per heavy atom. The highest BCUT2D eigenvalue weighted by Crippen LogP contribution is 2.42. The first-order valence-electron chi connectivity index (χ1n) is 4.65. The fraction of sp³-hybridized carbons (Fsp3) is 0.400. The van der Waals surface area contributed by atoms with Crippen LogP contribution in [0.1, 0.15) is 18.5 Å². The zero-order valence-electron chi connectivity index (χ0n) is 7.98. The summed E-state index contributed by atoms with van der Waals surface area (Å²) < 4.78 is 12.6. The minimum atomic E-state index is -1.01. The molecule has 1 aliphatic rings. The fourth-order valence-electron chi connectivity index (χ4n) is 1.99. The maximum Gasteiger partial charge on any atom is 0.315 e. The molecule has 0 spiro atoms. The van der Waals surface area contributed by atoms with E-state index in [-0.39, 0.29) is 6.04 Å². The summed E-state index contributed by atoms with van der Waals surface area (Å²) in [6.45, 7) is 0. The van der Waals surface area contributed by atoms with E-state index in [9.17, 15) is 9.18 Å². The minimum absolute atomic E-state index is 0.104. The molecule has 0 radical (unpaired) electrons. The summed E-state index contributed by atoms with van der Waals surface area (Å²) in [6, 6.07) is 2.53. The number of pyridine rings is 1. The Hall–Kier alpha value is -1.49. The quantitative estimate of drug-likeness (QED) is 0.752.